The number of rotatable bonds is 1. The second-order valence-electron chi connectivity index (χ2n) is 3.21. The van der Waals surface area contributed by atoms with Crippen LogP contribution < -0.4 is 10.8 Å². The number of hydrogen-bond acceptors (Lipinski definition) is 3. The molecule has 104 valence electrons. The van der Waals surface area contributed by atoms with Crippen LogP contribution >= 0.6 is 11.8 Å². The van der Waals surface area contributed by atoms with E-state index in [9.17, 15) is 18.3 Å². The molecule has 1 aromatic rings. The summed E-state index contributed by atoms with van der Waals surface area (Å²) < 4.78 is 35.4. The van der Waals surface area contributed by atoms with Gasteiger partial charge in [-0.1, -0.05) is 6.08 Å². The number of thioether (sulfide) groups is 1. The minimum Gasteiger partial charge on any atom is -0.860 e. The Morgan fingerprint density at radius 3 is 2.11 bits per heavy atom. The average Bonchev–Trinajstić information content (AvgIpc) is 2.86. The van der Waals surface area contributed by atoms with E-state index in [1.165, 1.54) is 12.2 Å². The van der Waals surface area contributed by atoms with Crippen LogP contribution in [-0.4, -0.2) is 5.51 Å². The van der Waals surface area contributed by atoms with E-state index < -0.39 is 11.4 Å². The van der Waals surface area contributed by atoms with Crippen molar-refractivity contribution in [2.45, 2.75) is 5.51 Å². The molecule has 0 spiro atoms. The van der Waals surface area contributed by atoms with Gasteiger partial charge in [-0.3, -0.25) is 0 Å². The smallest absolute Gasteiger partial charge is 0.860 e. The summed E-state index contributed by atoms with van der Waals surface area (Å²) in [7, 11) is 0. The first kappa shape index (κ1) is 17.8. The first-order valence-electron chi connectivity index (χ1n) is 4.87. The van der Waals surface area contributed by atoms with Crippen molar-refractivity contribution in [2.24, 2.45) is 5.73 Å². The molecule has 0 aromatic heterocycles. The Kier molecular flexibility index (Phi) is 7.59. The van der Waals surface area contributed by atoms with E-state index in [1.807, 2.05) is 30.3 Å². The first-order valence-corrected chi connectivity index (χ1v) is 5.69. The summed E-state index contributed by atoms with van der Waals surface area (Å²) >= 11 is -0.269. The van der Waals surface area contributed by atoms with Crippen LogP contribution in [-0.2, 0) is 17.1 Å². The summed E-state index contributed by atoms with van der Waals surface area (Å²) in [6.07, 6.45) is 3.58. The molecule has 0 aliphatic heterocycles. The maximum Gasteiger partial charge on any atom is 2.00 e. The van der Waals surface area contributed by atoms with Gasteiger partial charge in [0.05, 0.1) is 0 Å². The molecule has 0 saturated heterocycles. The number of hydrogen-bond donors (Lipinski definition) is 1. The molecule has 0 heterocycles. The Morgan fingerprint density at radius 1 is 1.21 bits per heavy atom. The van der Waals surface area contributed by atoms with Crippen molar-refractivity contribution in [3.8, 4) is 0 Å². The van der Waals surface area contributed by atoms with Gasteiger partial charge in [0.25, 0.3) is 0 Å². The quantitative estimate of drug-likeness (QED) is 0.490. The molecule has 0 atom stereocenters. The summed E-state index contributed by atoms with van der Waals surface area (Å²) in [5.41, 5.74) is 0.621. The SMILES string of the molecule is NC([O-])=C1C=CC(SC(F)(F)F)=C1.[Fe+2].c1cc[cH-]c1. The van der Waals surface area contributed by atoms with Crippen LogP contribution in [0.5, 0.6) is 0 Å². The number of nitrogens with two attached hydrogens (primary N) is 1. The molecule has 0 bridgehead atoms. The second kappa shape index (κ2) is 8.09. The van der Waals surface area contributed by atoms with Crippen molar-refractivity contribution in [3.05, 3.63) is 64.9 Å². The Hall–Kier alpha value is -1.17. The van der Waals surface area contributed by atoms with Gasteiger partial charge in [-0.15, -0.1) is 0 Å². The van der Waals surface area contributed by atoms with Crippen LogP contribution in [0.1, 0.15) is 0 Å². The van der Waals surface area contributed by atoms with E-state index in [0.29, 0.717) is 0 Å². The van der Waals surface area contributed by atoms with E-state index >= 15 is 0 Å². The Morgan fingerprint density at radius 2 is 1.79 bits per heavy atom. The third-order valence-corrected chi connectivity index (χ3v) is 2.52. The van der Waals surface area contributed by atoms with E-state index in [4.69, 9.17) is 5.73 Å². The van der Waals surface area contributed by atoms with Crippen LogP contribution in [0, 0.1) is 0 Å². The molecule has 0 saturated carbocycles. The molecule has 0 fully saturated rings. The first-order chi connectivity index (χ1) is 8.38. The van der Waals surface area contributed by atoms with Gasteiger partial charge in [0.1, 0.15) is 0 Å². The summed E-state index contributed by atoms with van der Waals surface area (Å²) in [6.45, 7) is 0. The van der Waals surface area contributed by atoms with Crippen molar-refractivity contribution in [1.29, 1.82) is 0 Å². The molecule has 2 rings (SSSR count). The zero-order chi connectivity index (χ0) is 13.6. The minimum atomic E-state index is -4.33. The van der Waals surface area contributed by atoms with Crippen molar-refractivity contribution in [1.82, 2.24) is 0 Å². The largest absolute Gasteiger partial charge is 2.00 e. The molecule has 1 aromatic carbocycles. The van der Waals surface area contributed by atoms with E-state index in [-0.39, 0.29) is 39.3 Å². The fraction of sp³-hybridized carbons (Fsp3) is 0.0833. The average molecular weight is 329 g/mol. The summed E-state index contributed by atoms with van der Waals surface area (Å²) in [6, 6.07) is 10.0. The van der Waals surface area contributed by atoms with Crippen molar-refractivity contribution < 1.29 is 35.3 Å². The molecule has 1 aliphatic rings. The Labute approximate surface area is 123 Å². The van der Waals surface area contributed by atoms with Gasteiger partial charge in [0, 0.05) is 4.91 Å². The normalized spacial score (nSPS) is 16.1. The molecular weight excluding hydrogens is 319 g/mol. The zero-order valence-electron chi connectivity index (χ0n) is 9.50. The fourth-order valence-corrected chi connectivity index (χ4v) is 1.68. The standard InChI is InChI=1S/C7H6F3NOS.C5H5.Fe/c8-7(9,10)13-5-2-1-4(3-5)6(11)12;1-2-4-5-3-1;/h1-3,12H,11H2;1-5H;/q;-1;+2/p-1. The van der Waals surface area contributed by atoms with Crippen molar-refractivity contribution in [2.75, 3.05) is 0 Å². The fourth-order valence-electron chi connectivity index (χ4n) is 1.09. The topological polar surface area (TPSA) is 49.1 Å². The van der Waals surface area contributed by atoms with E-state index in [2.05, 4.69) is 0 Å². The minimum absolute atomic E-state index is 0. The molecule has 2 nitrogen and oxygen atoms in total. The molecule has 7 heteroatoms. The molecule has 0 amide bonds. The maximum absolute atomic E-state index is 11.8. The Balaban J connectivity index is 0.000000454. The van der Waals surface area contributed by atoms with E-state index in [0.717, 1.165) is 6.08 Å². The van der Waals surface area contributed by atoms with Gasteiger partial charge in [-0.25, -0.2) is 12.1 Å². The van der Waals surface area contributed by atoms with Gasteiger partial charge in [-0.2, -0.15) is 31.4 Å². The van der Waals surface area contributed by atoms with Crippen LogP contribution in [0.3, 0.4) is 0 Å². The molecule has 0 unspecified atom stereocenters. The number of alkyl halides is 3. The van der Waals surface area contributed by atoms with E-state index in [1.54, 1.807) is 0 Å². The number of halogens is 3. The Bertz CT molecular complexity index is 443. The van der Waals surface area contributed by atoms with Gasteiger partial charge in [0.15, 0.2) is 0 Å². The third kappa shape index (κ3) is 7.77. The molecule has 19 heavy (non-hydrogen) atoms. The summed E-state index contributed by atoms with van der Waals surface area (Å²) in [5.74, 6) is -0.728. The summed E-state index contributed by atoms with van der Waals surface area (Å²) in [4.78, 5) is -0.0266. The van der Waals surface area contributed by atoms with Gasteiger partial charge in [-0.05, 0) is 35.4 Å². The monoisotopic (exact) mass is 329 g/mol. The zero-order valence-corrected chi connectivity index (χ0v) is 11.4. The van der Waals surface area contributed by atoms with Crippen LogP contribution in [0.25, 0.3) is 0 Å². The molecule has 1 aliphatic carbocycles. The third-order valence-electron chi connectivity index (χ3n) is 1.80. The predicted molar refractivity (Wildman–Crippen MR) is 64.1 cm³/mol. The van der Waals surface area contributed by atoms with Gasteiger partial charge < -0.3 is 10.8 Å². The number of allylic oxidation sites excluding steroid dienone is 4. The summed E-state index contributed by atoms with van der Waals surface area (Å²) in [5, 5.41) is 10.5. The molecule has 2 N–H and O–H groups in total. The predicted octanol–water partition coefficient (Wildman–Crippen LogP) is 2.63. The van der Waals surface area contributed by atoms with Crippen LogP contribution in [0.2, 0.25) is 0 Å². The van der Waals surface area contributed by atoms with Crippen molar-refractivity contribution >= 4 is 11.8 Å². The molecular formula is C12H10F3FeNOS. The second-order valence-corrected chi connectivity index (χ2v) is 4.35. The van der Waals surface area contributed by atoms with Crippen molar-refractivity contribution in [3.63, 3.8) is 0 Å². The van der Waals surface area contributed by atoms with Crippen LogP contribution in [0.15, 0.2) is 64.9 Å². The molecule has 0 radical (unpaired) electrons. The van der Waals surface area contributed by atoms with Gasteiger partial charge in [0.2, 0.25) is 0 Å². The maximum atomic E-state index is 11.8. The van der Waals surface area contributed by atoms with Crippen LogP contribution in [0.4, 0.5) is 13.2 Å². The van der Waals surface area contributed by atoms with Gasteiger partial charge >= 0.3 is 22.6 Å².